The minimum absolute atomic E-state index is 0.00511. The van der Waals surface area contributed by atoms with Crippen molar-refractivity contribution in [2.75, 3.05) is 40.9 Å². The number of unbranched alkanes of at least 4 members (excludes halogenated alkanes) is 46. The van der Waals surface area contributed by atoms with E-state index >= 15 is 0 Å². The van der Waals surface area contributed by atoms with Crippen molar-refractivity contribution in [3.05, 3.63) is 36.5 Å². The molecule has 0 aromatic carbocycles. The molecule has 0 aliphatic rings. The van der Waals surface area contributed by atoms with Crippen molar-refractivity contribution in [2.45, 2.75) is 353 Å². The number of phosphoric acid groups is 1. The Bertz CT molecular complexity index is 1350. The highest BCUT2D eigenvalue weighted by Crippen LogP contribution is 2.38. The standard InChI is InChI=1S/C68H133N2O6P/c1-6-8-10-12-14-16-18-20-22-24-26-28-30-32-33-34-35-36-38-39-41-43-45-47-49-51-53-55-57-59-61-67(71)66(65-76-77(73,74)75-64-63-70(3,4)5)69-68(72)62-60-58-56-54-52-50-48-46-44-42-40-37-31-29-27-25-23-21-19-17-15-13-11-9-7-2/h25,27,51,53,59,61,66-67,71H,6-24,26,28-50,52,54-58,60,62-65H2,1-5H3,(H-,69,72,73,74)/b27-25-,53-51+,61-59+. The number of hydrogen-bond acceptors (Lipinski definition) is 6. The normalized spacial score (nSPS) is 13.9. The van der Waals surface area contributed by atoms with Crippen LogP contribution in [0.3, 0.4) is 0 Å². The van der Waals surface area contributed by atoms with E-state index in [0.29, 0.717) is 17.4 Å². The van der Waals surface area contributed by atoms with Crippen molar-refractivity contribution in [3.8, 4) is 0 Å². The number of hydrogen-bond donors (Lipinski definition) is 2. The Balaban J connectivity index is 4.11. The molecule has 0 radical (unpaired) electrons. The monoisotopic (exact) mass is 1100 g/mol. The van der Waals surface area contributed by atoms with Crippen LogP contribution in [-0.4, -0.2) is 68.5 Å². The second-order valence-corrected chi connectivity index (χ2v) is 25.9. The molecule has 0 aromatic rings. The summed E-state index contributed by atoms with van der Waals surface area (Å²) < 4.78 is 23.4. The topological polar surface area (TPSA) is 108 Å². The number of rotatable bonds is 63. The summed E-state index contributed by atoms with van der Waals surface area (Å²) in [6.45, 7) is 4.68. The highest BCUT2D eigenvalue weighted by Gasteiger charge is 2.23. The van der Waals surface area contributed by atoms with Gasteiger partial charge >= 0.3 is 0 Å². The molecule has 9 heteroatoms. The first-order chi connectivity index (χ1) is 37.5. The lowest BCUT2D eigenvalue weighted by molar-refractivity contribution is -0.870. The first-order valence-corrected chi connectivity index (χ1v) is 35.3. The number of allylic oxidation sites excluding steroid dienone is 5. The molecule has 0 saturated heterocycles. The maximum Gasteiger partial charge on any atom is 0.268 e. The lowest BCUT2D eigenvalue weighted by Gasteiger charge is -2.29. The third kappa shape index (κ3) is 62.2. The minimum Gasteiger partial charge on any atom is -0.756 e. The molecule has 8 nitrogen and oxygen atoms in total. The minimum atomic E-state index is -4.61. The highest BCUT2D eigenvalue weighted by atomic mass is 31.2. The SMILES string of the molecule is CCCCCCCCCC/C=C\CCCCCCCCCCCCCCCC(=O)NC(COP(=O)([O-])OCC[N+](C)(C)C)C(O)/C=C/CC/C=C/CCCCCCCCCCCCCCCCCCCCCCCCCC. The Morgan fingerprint density at radius 2 is 0.727 bits per heavy atom. The van der Waals surface area contributed by atoms with Gasteiger partial charge in [-0.15, -0.1) is 0 Å². The molecule has 0 saturated carbocycles. The largest absolute Gasteiger partial charge is 0.756 e. The third-order valence-electron chi connectivity index (χ3n) is 15.6. The van der Waals surface area contributed by atoms with Gasteiger partial charge in [-0.05, 0) is 57.8 Å². The fourth-order valence-electron chi connectivity index (χ4n) is 10.3. The molecule has 2 N–H and O–H groups in total. The van der Waals surface area contributed by atoms with E-state index in [1.54, 1.807) is 6.08 Å². The van der Waals surface area contributed by atoms with Gasteiger partial charge in [-0.3, -0.25) is 9.36 Å². The van der Waals surface area contributed by atoms with Crippen LogP contribution in [0.25, 0.3) is 0 Å². The van der Waals surface area contributed by atoms with Crippen molar-refractivity contribution in [1.82, 2.24) is 5.32 Å². The molecule has 0 rings (SSSR count). The summed E-state index contributed by atoms with van der Waals surface area (Å²) in [6, 6.07) is -0.904. The lowest BCUT2D eigenvalue weighted by atomic mass is 10.0. The Morgan fingerprint density at radius 3 is 1.05 bits per heavy atom. The number of quaternary nitrogens is 1. The molecular weight excluding hydrogens is 972 g/mol. The quantitative estimate of drug-likeness (QED) is 0.0272. The van der Waals surface area contributed by atoms with Crippen LogP contribution >= 0.6 is 7.82 Å². The van der Waals surface area contributed by atoms with E-state index in [4.69, 9.17) is 9.05 Å². The zero-order chi connectivity index (χ0) is 56.3. The van der Waals surface area contributed by atoms with Crippen LogP contribution in [0.2, 0.25) is 0 Å². The zero-order valence-electron chi connectivity index (χ0n) is 52.2. The van der Waals surface area contributed by atoms with Crippen molar-refractivity contribution < 1.29 is 32.9 Å². The predicted molar refractivity (Wildman–Crippen MR) is 335 cm³/mol. The van der Waals surface area contributed by atoms with Crippen LogP contribution in [0.1, 0.15) is 341 Å². The average molecular weight is 1110 g/mol. The van der Waals surface area contributed by atoms with E-state index in [9.17, 15) is 19.4 Å². The smallest absolute Gasteiger partial charge is 0.268 e. The summed E-state index contributed by atoms with van der Waals surface area (Å²) in [5.74, 6) is -0.202. The first-order valence-electron chi connectivity index (χ1n) is 33.9. The number of aliphatic hydroxyl groups is 1. The fourth-order valence-corrected chi connectivity index (χ4v) is 11.0. The number of carbonyl (C=O) groups is 1. The maximum atomic E-state index is 13.0. The van der Waals surface area contributed by atoms with E-state index in [2.05, 4.69) is 43.5 Å². The zero-order valence-corrected chi connectivity index (χ0v) is 53.1. The molecule has 1 amide bonds. The molecule has 0 spiro atoms. The molecule has 3 unspecified atom stereocenters. The van der Waals surface area contributed by atoms with Crippen molar-refractivity contribution in [2.24, 2.45) is 0 Å². The molecule has 0 aromatic heterocycles. The van der Waals surface area contributed by atoms with Gasteiger partial charge in [-0.2, -0.15) is 0 Å². The molecule has 0 aliphatic carbocycles. The summed E-state index contributed by atoms with van der Waals surface area (Å²) in [5, 5.41) is 13.9. The van der Waals surface area contributed by atoms with E-state index in [0.717, 1.165) is 38.5 Å². The van der Waals surface area contributed by atoms with E-state index in [1.165, 1.54) is 283 Å². The fraction of sp³-hybridized carbons (Fsp3) is 0.897. The van der Waals surface area contributed by atoms with Crippen molar-refractivity contribution in [1.29, 1.82) is 0 Å². The Morgan fingerprint density at radius 1 is 0.442 bits per heavy atom. The lowest BCUT2D eigenvalue weighted by Crippen LogP contribution is -2.45. The maximum absolute atomic E-state index is 13.0. The average Bonchev–Trinajstić information content (AvgIpc) is 3.39. The van der Waals surface area contributed by atoms with Crippen LogP contribution in [0.4, 0.5) is 0 Å². The van der Waals surface area contributed by atoms with Gasteiger partial charge in [0.2, 0.25) is 5.91 Å². The molecular formula is C68H133N2O6P. The number of nitrogens with zero attached hydrogens (tertiary/aromatic N) is 1. The molecule has 0 heterocycles. The summed E-state index contributed by atoms with van der Waals surface area (Å²) in [6.07, 6.45) is 78.4. The van der Waals surface area contributed by atoms with Crippen LogP contribution in [0.5, 0.6) is 0 Å². The molecule has 0 aliphatic heterocycles. The Labute approximate surface area is 480 Å². The van der Waals surface area contributed by atoms with Gasteiger partial charge in [0.25, 0.3) is 7.82 Å². The van der Waals surface area contributed by atoms with Crippen LogP contribution in [0, 0.1) is 0 Å². The summed E-state index contributed by atoms with van der Waals surface area (Å²) in [5.41, 5.74) is 0. The molecule has 0 fully saturated rings. The van der Waals surface area contributed by atoms with Crippen LogP contribution in [-0.2, 0) is 18.4 Å². The van der Waals surface area contributed by atoms with Gasteiger partial charge in [-0.25, -0.2) is 0 Å². The van der Waals surface area contributed by atoms with E-state index in [1.807, 2.05) is 27.2 Å². The first kappa shape index (κ1) is 75.7. The number of amides is 1. The Hall–Kier alpha value is -1.28. The third-order valence-corrected chi connectivity index (χ3v) is 16.5. The Kier molecular flexibility index (Phi) is 58.4. The van der Waals surface area contributed by atoms with E-state index in [-0.39, 0.29) is 19.1 Å². The van der Waals surface area contributed by atoms with Gasteiger partial charge in [0, 0.05) is 6.42 Å². The van der Waals surface area contributed by atoms with Gasteiger partial charge in [-0.1, -0.05) is 314 Å². The molecule has 0 bridgehead atoms. The second-order valence-electron chi connectivity index (χ2n) is 24.5. The predicted octanol–water partition coefficient (Wildman–Crippen LogP) is 20.6. The molecule has 77 heavy (non-hydrogen) atoms. The summed E-state index contributed by atoms with van der Waals surface area (Å²) >= 11 is 0. The van der Waals surface area contributed by atoms with Crippen molar-refractivity contribution in [3.63, 3.8) is 0 Å². The van der Waals surface area contributed by atoms with Gasteiger partial charge < -0.3 is 28.8 Å². The van der Waals surface area contributed by atoms with Crippen molar-refractivity contribution >= 4 is 13.7 Å². The number of likely N-dealkylation sites (N-methyl/N-ethyl adjacent to an activating group) is 1. The number of carbonyl (C=O) groups excluding carboxylic acids is 1. The number of phosphoric ester groups is 1. The summed E-state index contributed by atoms with van der Waals surface area (Å²) in [7, 11) is 1.26. The van der Waals surface area contributed by atoms with Gasteiger partial charge in [0.15, 0.2) is 0 Å². The number of nitrogens with one attached hydrogen (secondary N) is 1. The highest BCUT2D eigenvalue weighted by molar-refractivity contribution is 7.45. The summed E-state index contributed by atoms with van der Waals surface area (Å²) in [4.78, 5) is 25.6. The molecule has 3 atom stereocenters. The van der Waals surface area contributed by atoms with Crippen LogP contribution in [0.15, 0.2) is 36.5 Å². The van der Waals surface area contributed by atoms with E-state index < -0.39 is 20.0 Å². The molecule has 456 valence electrons. The second kappa shape index (κ2) is 59.3. The van der Waals surface area contributed by atoms with Gasteiger partial charge in [0.05, 0.1) is 39.9 Å². The van der Waals surface area contributed by atoms with Crippen LogP contribution < -0.4 is 10.2 Å². The number of aliphatic hydroxyl groups excluding tert-OH is 1. The van der Waals surface area contributed by atoms with Gasteiger partial charge in [0.1, 0.15) is 13.2 Å².